The largest absolute Gasteiger partial charge is 0.444 e. The molecule has 7 rings (SSSR count). The number of H-pyrrole nitrogens is 1. The van der Waals surface area contributed by atoms with Gasteiger partial charge in [0.05, 0.1) is 34.2 Å². The first-order valence-electron chi connectivity index (χ1n) is 15.7. The Morgan fingerprint density at radius 3 is 2.33 bits per heavy atom. The Morgan fingerprint density at radius 1 is 0.980 bits per heavy atom. The standard InChI is InChI=1S/C32H33ClF3N9O4/c1-31(2,3)49-30(48)44-15-20-21(16-44)24(20)29(47)43-10-8-42(9-11-43)28(46)18-5-4-17(12-22(18)33)40-26-27-38-14-23(45(27)7-6-37-26)19-13-39-41-25(19)32(34,35)36/h4-7,12-14,20-21,24H,8-11,15-16H2,1-3H3,(H,37,40)(H,39,41)/t20-,21+,24?. The van der Waals surface area contributed by atoms with Gasteiger partial charge in [0.2, 0.25) is 5.91 Å². The molecule has 2 N–H and O–H groups in total. The summed E-state index contributed by atoms with van der Waals surface area (Å²) in [6.45, 7) is 8.01. The summed E-state index contributed by atoms with van der Waals surface area (Å²) in [4.78, 5) is 52.8. The summed E-state index contributed by atoms with van der Waals surface area (Å²) >= 11 is 6.57. The van der Waals surface area contributed by atoms with Crippen molar-refractivity contribution in [3.05, 3.63) is 59.3 Å². The van der Waals surface area contributed by atoms with Crippen LogP contribution in [0.15, 0.2) is 43.0 Å². The number of fused-ring (bicyclic) bond motifs is 2. The van der Waals surface area contributed by atoms with Crippen molar-refractivity contribution in [1.29, 1.82) is 0 Å². The molecule has 1 unspecified atom stereocenters. The van der Waals surface area contributed by atoms with Crippen molar-refractivity contribution in [2.24, 2.45) is 17.8 Å². The SMILES string of the molecule is CC(C)(C)OC(=O)N1C[C@@H]2C(C(=O)N3CCN(C(=O)c4ccc(Nc5nccn6c(-c7cn[nH]c7C(F)(F)F)cnc56)cc4Cl)CC3)[C@@H]2C1. The number of hydrogen-bond donors (Lipinski definition) is 2. The number of aromatic amines is 1. The third kappa shape index (κ3) is 6.24. The van der Waals surface area contributed by atoms with Gasteiger partial charge >= 0.3 is 12.3 Å². The Kier molecular flexibility index (Phi) is 7.95. The molecule has 4 aromatic rings. The molecule has 0 spiro atoms. The molecule has 3 atom stereocenters. The second-order valence-electron chi connectivity index (χ2n) is 13.4. The first-order valence-corrected chi connectivity index (χ1v) is 16.1. The molecule has 0 bridgehead atoms. The summed E-state index contributed by atoms with van der Waals surface area (Å²) in [5.41, 5.74) is -0.495. The molecule has 3 aromatic heterocycles. The van der Waals surface area contributed by atoms with Crippen molar-refractivity contribution in [2.45, 2.75) is 32.5 Å². The number of piperidine rings is 1. The lowest BCUT2D eigenvalue weighted by Gasteiger charge is -2.35. The van der Waals surface area contributed by atoms with Gasteiger partial charge in [0.15, 0.2) is 11.5 Å². The Labute approximate surface area is 283 Å². The third-order valence-electron chi connectivity index (χ3n) is 9.10. The molecule has 5 heterocycles. The van der Waals surface area contributed by atoms with E-state index in [-0.39, 0.29) is 63.4 Å². The number of aromatic nitrogens is 5. The summed E-state index contributed by atoms with van der Waals surface area (Å²) in [6, 6.07) is 4.80. The van der Waals surface area contributed by atoms with Gasteiger partial charge in [-0.3, -0.25) is 19.1 Å². The van der Waals surface area contributed by atoms with Crippen LogP contribution in [0.5, 0.6) is 0 Å². The van der Waals surface area contributed by atoms with Crippen LogP contribution in [-0.4, -0.2) is 102 Å². The molecule has 3 aliphatic rings. The van der Waals surface area contributed by atoms with Gasteiger partial charge < -0.3 is 24.8 Å². The number of carbonyl (C=O) groups excluding carboxylic acids is 3. The number of nitrogens with zero attached hydrogens (tertiary/aromatic N) is 7. The van der Waals surface area contributed by atoms with E-state index in [1.54, 1.807) is 32.9 Å². The number of amides is 3. The van der Waals surface area contributed by atoms with Crippen molar-refractivity contribution < 1.29 is 32.3 Å². The minimum Gasteiger partial charge on any atom is -0.444 e. The second-order valence-corrected chi connectivity index (χ2v) is 13.9. The zero-order chi connectivity index (χ0) is 34.8. The highest BCUT2D eigenvalue weighted by molar-refractivity contribution is 6.34. The average molecular weight is 700 g/mol. The maximum absolute atomic E-state index is 13.5. The van der Waals surface area contributed by atoms with Crippen molar-refractivity contribution in [3.8, 4) is 11.3 Å². The van der Waals surface area contributed by atoms with Crippen molar-refractivity contribution in [3.63, 3.8) is 0 Å². The number of benzene rings is 1. The van der Waals surface area contributed by atoms with Crippen LogP contribution in [0.1, 0.15) is 36.8 Å². The van der Waals surface area contributed by atoms with Gasteiger partial charge in [-0.1, -0.05) is 11.6 Å². The number of likely N-dealkylation sites (tertiary alicyclic amines) is 1. The fourth-order valence-corrected chi connectivity index (χ4v) is 6.95. The van der Waals surface area contributed by atoms with Crippen LogP contribution in [0.2, 0.25) is 5.02 Å². The van der Waals surface area contributed by atoms with Gasteiger partial charge in [-0.15, -0.1) is 0 Å². The minimum atomic E-state index is -4.63. The van der Waals surface area contributed by atoms with Crippen LogP contribution >= 0.6 is 11.6 Å². The Hall–Kier alpha value is -4.86. The van der Waals surface area contributed by atoms with E-state index in [4.69, 9.17) is 16.3 Å². The number of alkyl halides is 3. The molecule has 2 aliphatic heterocycles. The lowest BCUT2D eigenvalue weighted by molar-refractivity contribution is -0.140. The highest BCUT2D eigenvalue weighted by atomic mass is 35.5. The number of imidazole rings is 1. The van der Waals surface area contributed by atoms with Crippen LogP contribution in [0, 0.1) is 17.8 Å². The van der Waals surface area contributed by atoms with E-state index in [0.717, 1.165) is 6.20 Å². The van der Waals surface area contributed by atoms with E-state index in [1.807, 2.05) is 25.9 Å². The lowest BCUT2D eigenvalue weighted by Crippen LogP contribution is -2.51. The number of carbonyl (C=O) groups is 3. The molecule has 13 nitrogen and oxygen atoms in total. The van der Waals surface area contributed by atoms with Gasteiger partial charge in [0.25, 0.3) is 5.91 Å². The van der Waals surface area contributed by atoms with E-state index in [2.05, 4.69) is 20.4 Å². The number of rotatable bonds is 5. The zero-order valence-electron chi connectivity index (χ0n) is 26.8. The Balaban J connectivity index is 0.957. The van der Waals surface area contributed by atoms with E-state index < -0.39 is 17.5 Å². The number of hydrogen-bond acceptors (Lipinski definition) is 8. The zero-order valence-corrected chi connectivity index (χ0v) is 27.5. The van der Waals surface area contributed by atoms with Gasteiger partial charge in [-0.2, -0.15) is 18.3 Å². The van der Waals surface area contributed by atoms with Crippen molar-refractivity contribution in [1.82, 2.24) is 39.3 Å². The van der Waals surface area contributed by atoms with Crippen LogP contribution in [0.4, 0.5) is 29.5 Å². The molecule has 3 amide bonds. The summed E-state index contributed by atoms with van der Waals surface area (Å²) in [5, 5.41) is 8.84. The predicted octanol–water partition coefficient (Wildman–Crippen LogP) is 4.93. The first-order chi connectivity index (χ1) is 23.2. The number of anilines is 2. The van der Waals surface area contributed by atoms with E-state index in [9.17, 15) is 27.6 Å². The molecule has 1 aliphatic carbocycles. The molecular formula is C32H33ClF3N9O4. The Bertz CT molecular complexity index is 1940. The maximum Gasteiger partial charge on any atom is 0.433 e. The molecule has 1 saturated carbocycles. The number of ether oxygens (including phenoxy) is 1. The van der Waals surface area contributed by atoms with E-state index >= 15 is 0 Å². The molecule has 49 heavy (non-hydrogen) atoms. The number of piperazine rings is 1. The summed E-state index contributed by atoms with van der Waals surface area (Å²) in [6.07, 6.45) is 0.336. The minimum absolute atomic E-state index is 0.0678. The summed E-state index contributed by atoms with van der Waals surface area (Å²) in [5.74, 6) is 0.243. The molecule has 258 valence electrons. The molecule has 2 saturated heterocycles. The Morgan fingerprint density at radius 2 is 1.67 bits per heavy atom. The highest BCUT2D eigenvalue weighted by Gasteiger charge is 2.61. The normalized spacial score (nSPS) is 20.8. The summed E-state index contributed by atoms with van der Waals surface area (Å²) < 4.78 is 47.4. The molecular weight excluding hydrogens is 667 g/mol. The van der Waals surface area contributed by atoms with Gasteiger partial charge in [0, 0.05) is 63.3 Å². The average Bonchev–Trinajstić information content (AvgIpc) is 3.49. The first kappa shape index (κ1) is 32.7. The predicted molar refractivity (Wildman–Crippen MR) is 171 cm³/mol. The highest BCUT2D eigenvalue weighted by Crippen LogP contribution is 2.53. The maximum atomic E-state index is 13.5. The topological polar surface area (TPSA) is 141 Å². The molecule has 0 radical (unpaired) electrons. The van der Waals surface area contributed by atoms with Crippen LogP contribution in [-0.2, 0) is 15.7 Å². The van der Waals surface area contributed by atoms with E-state index in [1.165, 1.54) is 23.0 Å². The second kappa shape index (κ2) is 11.9. The van der Waals surface area contributed by atoms with Gasteiger partial charge in [-0.05, 0) is 50.8 Å². The van der Waals surface area contributed by atoms with Crippen LogP contribution in [0.25, 0.3) is 16.9 Å². The van der Waals surface area contributed by atoms with Crippen molar-refractivity contribution in [2.75, 3.05) is 44.6 Å². The number of nitrogens with one attached hydrogen (secondary N) is 2. The smallest absolute Gasteiger partial charge is 0.433 e. The molecule has 17 heteroatoms. The van der Waals surface area contributed by atoms with E-state index in [0.29, 0.717) is 50.5 Å². The lowest BCUT2D eigenvalue weighted by atomic mass is 10.1. The van der Waals surface area contributed by atoms with Crippen LogP contribution in [0.3, 0.4) is 0 Å². The van der Waals surface area contributed by atoms with Crippen molar-refractivity contribution >= 4 is 46.7 Å². The fraction of sp³-hybridized carbons (Fsp3) is 0.438. The fourth-order valence-electron chi connectivity index (χ4n) is 6.69. The summed E-state index contributed by atoms with van der Waals surface area (Å²) in [7, 11) is 0. The van der Waals surface area contributed by atoms with Crippen LogP contribution < -0.4 is 5.32 Å². The third-order valence-corrected chi connectivity index (χ3v) is 9.41. The number of halogens is 4. The monoisotopic (exact) mass is 699 g/mol. The molecule has 1 aromatic carbocycles. The molecule has 3 fully saturated rings. The van der Waals surface area contributed by atoms with Gasteiger partial charge in [0.1, 0.15) is 11.3 Å². The quantitative estimate of drug-likeness (QED) is 0.299. The van der Waals surface area contributed by atoms with Gasteiger partial charge in [-0.25, -0.2) is 14.8 Å².